The van der Waals surface area contributed by atoms with Crippen molar-refractivity contribution in [2.24, 2.45) is 11.3 Å². The Morgan fingerprint density at radius 2 is 1.89 bits per heavy atom. The second-order valence-corrected chi connectivity index (χ2v) is 9.20. The molecule has 0 saturated heterocycles. The molecule has 28 heavy (non-hydrogen) atoms. The maximum atomic E-state index is 13.1. The molecule has 1 saturated carbocycles. The molecule has 0 aliphatic heterocycles. The van der Waals surface area contributed by atoms with E-state index >= 15 is 0 Å². The van der Waals surface area contributed by atoms with Crippen LogP contribution in [0.5, 0.6) is 0 Å². The van der Waals surface area contributed by atoms with Crippen LogP contribution in [0.15, 0.2) is 18.3 Å². The number of rotatable bonds is 4. The summed E-state index contributed by atoms with van der Waals surface area (Å²) in [7, 11) is 1.44. The molecule has 1 aliphatic rings. The summed E-state index contributed by atoms with van der Waals surface area (Å²) in [6.07, 6.45) is 7.35. The first-order valence-electron chi connectivity index (χ1n) is 10.2. The van der Waals surface area contributed by atoms with Crippen LogP contribution in [0.4, 0.5) is 5.69 Å². The maximum absolute atomic E-state index is 13.1. The predicted octanol–water partition coefficient (Wildman–Crippen LogP) is 5.06. The van der Waals surface area contributed by atoms with Crippen LogP contribution in [-0.4, -0.2) is 23.6 Å². The first-order valence-corrected chi connectivity index (χ1v) is 10.2. The number of nitrogens with two attached hydrogens (primary N) is 1. The lowest BCUT2D eigenvalue weighted by Crippen LogP contribution is -2.26. The number of hydrogen-bond donors (Lipinski definition) is 1. The molecule has 0 radical (unpaired) electrons. The number of carbonyl (C=O) groups is 2. The summed E-state index contributed by atoms with van der Waals surface area (Å²) in [5, 5.41) is 0.915. The average Bonchev–Trinajstić information content (AvgIpc) is 3.26. The minimum atomic E-state index is -0.547. The van der Waals surface area contributed by atoms with Gasteiger partial charge in [-0.3, -0.25) is 14.2 Å². The highest BCUT2D eigenvalue weighted by atomic mass is 16.5. The Bertz CT molecular complexity index is 899. The monoisotopic (exact) mass is 384 g/mol. The Balaban J connectivity index is 2.18. The highest BCUT2D eigenvalue weighted by Crippen LogP contribution is 2.39. The number of methoxy groups -OCH3 is 1. The van der Waals surface area contributed by atoms with Crippen LogP contribution in [0.1, 0.15) is 74.7 Å². The number of carbonyl (C=O) groups excluding carboxylic acids is 2. The molecule has 1 fully saturated rings. The number of benzene rings is 1. The smallest absolute Gasteiger partial charge is 0.313 e. The van der Waals surface area contributed by atoms with Crippen molar-refractivity contribution in [2.75, 3.05) is 12.8 Å². The van der Waals surface area contributed by atoms with Crippen LogP contribution in [0.25, 0.3) is 10.9 Å². The zero-order chi connectivity index (χ0) is 20.6. The zero-order valence-corrected chi connectivity index (χ0v) is 17.7. The molecule has 1 unspecified atom stereocenters. The number of aryl methyl sites for hydroxylation is 1. The van der Waals surface area contributed by atoms with Crippen molar-refractivity contribution < 1.29 is 14.3 Å². The van der Waals surface area contributed by atoms with E-state index < -0.39 is 5.41 Å². The molecular formula is C23H32N2O3. The third-order valence-electron chi connectivity index (χ3n) is 5.99. The summed E-state index contributed by atoms with van der Waals surface area (Å²) in [5.41, 5.74) is 8.82. The first kappa shape index (κ1) is 20.4. The van der Waals surface area contributed by atoms with Crippen LogP contribution >= 0.6 is 0 Å². The lowest BCUT2D eigenvalue weighted by molar-refractivity contribution is -0.142. The van der Waals surface area contributed by atoms with E-state index in [-0.39, 0.29) is 17.8 Å². The summed E-state index contributed by atoms with van der Waals surface area (Å²) < 4.78 is 6.83. The van der Waals surface area contributed by atoms with Crippen molar-refractivity contribution in [3.63, 3.8) is 0 Å². The van der Waals surface area contributed by atoms with Gasteiger partial charge in [-0.2, -0.15) is 0 Å². The number of nitrogen functional groups attached to an aromatic ring is 1. The summed E-state index contributed by atoms with van der Waals surface area (Å²) >= 11 is 0. The van der Waals surface area contributed by atoms with Crippen LogP contribution in [0.3, 0.4) is 0 Å². The van der Waals surface area contributed by atoms with Gasteiger partial charge in [0.1, 0.15) is 0 Å². The van der Waals surface area contributed by atoms with Gasteiger partial charge in [-0.05, 0) is 42.5 Å². The van der Waals surface area contributed by atoms with E-state index in [1.165, 1.54) is 20.0 Å². The molecule has 1 atom stereocenters. The van der Waals surface area contributed by atoms with Gasteiger partial charge < -0.3 is 10.5 Å². The number of fused-ring (bicyclic) bond motifs is 1. The molecule has 0 spiro atoms. The zero-order valence-electron chi connectivity index (χ0n) is 17.7. The molecule has 1 aliphatic carbocycles. The van der Waals surface area contributed by atoms with E-state index in [9.17, 15) is 9.59 Å². The van der Waals surface area contributed by atoms with E-state index in [2.05, 4.69) is 0 Å². The molecule has 5 heteroatoms. The molecule has 3 rings (SSSR count). The lowest BCUT2D eigenvalue weighted by Gasteiger charge is -2.19. The molecule has 5 nitrogen and oxygen atoms in total. The number of aromatic nitrogens is 1. The second-order valence-electron chi connectivity index (χ2n) is 9.20. The van der Waals surface area contributed by atoms with E-state index in [1.54, 1.807) is 4.57 Å². The Kier molecular flexibility index (Phi) is 5.55. The van der Waals surface area contributed by atoms with Gasteiger partial charge in [-0.15, -0.1) is 0 Å². The van der Waals surface area contributed by atoms with Gasteiger partial charge in [-0.25, -0.2) is 0 Å². The van der Waals surface area contributed by atoms with Crippen molar-refractivity contribution in [3.8, 4) is 0 Å². The Hall–Kier alpha value is -2.30. The van der Waals surface area contributed by atoms with E-state index in [1.807, 2.05) is 46.0 Å². The molecule has 1 aromatic carbocycles. The first-order chi connectivity index (χ1) is 13.1. The van der Waals surface area contributed by atoms with Gasteiger partial charge in [0, 0.05) is 22.7 Å². The standard InChI is InChI=1S/C23H32N2O3/c1-14-10-16-18(17(21(26)28-5)11-15-8-6-7-9-15)13-25(20(16)12-19(14)24)22(27)23(2,3)4/h10,12-13,15,17H,6-9,11,24H2,1-5H3. The van der Waals surface area contributed by atoms with Crippen LogP contribution in [0, 0.1) is 18.3 Å². The highest BCUT2D eigenvalue weighted by molar-refractivity contribution is 6.00. The lowest BCUT2D eigenvalue weighted by atomic mass is 9.87. The van der Waals surface area contributed by atoms with Crippen LogP contribution in [-0.2, 0) is 9.53 Å². The molecule has 2 N–H and O–H groups in total. The Morgan fingerprint density at radius 1 is 1.25 bits per heavy atom. The molecule has 1 heterocycles. The van der Waals surface area contributed by atoms with E-state index in [0.717, 1.165) is 41.3 Å². The summed E-state index contributed by atoms with van der Waals surface area (Å²) in [6, 6.07) is 3.85. The quantitative estimate of drug-likeness (QED) is 0.591. The second kappa shape index (κ2) is 7.61. The van der Waals surface area contributed by atoms with Gasteiger partial charge in [0.25, 0.3) is 0 Å². The third kappa shape index (κ3) is 3.80. The van der Waals surface area contributed by atoms with Crippen molar-refractivity contribution in [1.82, 2.24) is 4.57 Å². The third-order valence-corrected chi connectivity index (χ3v) is 5.99. The van der Waals surface area contributed by atoms with Gasteiger partial charge in [0.05, 0.1) is 18.5 Å². The van der Waals surface area contributed by atoms with Gasteiger partial charge in [-0.1, -0.05) is 46.5 Å². The van der Waals surface area contributed by atoms with Crippen molar-refractivity contribution in [2.45, 2.75) is 65.7 Å². The highest BCUT2D eigenvalue weighted by Gasteiger charge is 2.32. The van der Waals surface area contributed by atoms with Crippen molar-refractivity contribution >= 4 is 28.5 Å². The number of ether oxygens (including phenoxy) is 1. The number of anilines is 1. The molecule has 0 amide bonds. The van der Waals surface area contributed by atoms with E-state index in [0.29, 0.717) is 11.6 Å². The number of esters is 1. The molecular weight excluding hydrogens is 352 g/mol. The largest absolute Gasteiger partial charge is 0.469 e. The Morgan fingerprint density at radius 3 is 2.46 bits per heavy atom. The SMILES string of the molecule is COC(=O)C(CC1CCCC1)c1cn(C(=O)C(C)(C)C)c2cc(N)c(C)cc12. The normalized spacial score (nSPS) is 16.5. The fourth-order valence-corrected chi connectivity index (χ4v) is 4.30. The fourth-order valence-electron chi connectivity index (χ4n) is 4.30. The number of nitrogens with zero attached hydrogens (tertiary/aromatic N) is 1. The number of hydrogen-bond acceptors (Lipinski definition) is 4. The van der Waals surface area contributed by atoms with Crippen LogP contribution in [0.2, 0.25) is 0 Å². The average molecular weight is 385 g/mol. The molecule has 0 bridgehead atoms. The minimum Gasteiger partial charge on any atom is -0.469 e. The van der Waals surface area contributed by atoms with Crippen LogP contribution < -0.4 is 5.73 Å². The van der Waals surface area contributed by atoms with Gasteiger partial charge in [0.2, 0.25) is 5.91 Å². The molecule has 1 aromatic heterocycles. The van der Waals surface area contributed by atoms with E-state index in [4.69, 9.17) is 10.5 Å². The molecule has 152 valence electrons. The molecule has 2 aromatic rings. The maximum Gasteiger partial charge on any atom is 0.313 e. The van der Waals surface area contributed by atoms with Gasteiger partial charge in [0.15, 0.2) is 0 Å². The van der Waals surface area contributed by atoms with Gasteiger partial charge >= 0.3 is 5.97 Å². The topological polar surface area (TPSA) is 74.3 Å². The summed E-state index contributed by atoms with van der Waals surface area (Å²) in [4.78, 5) is 25.8. The van der Waals surface area contributed by atoms with Crippen molar-refractivity contribution in [1.29, 1.82) is 0 Å². The fraction of sp³-hybridized carbons (Fsp3) is 0.565. The minimum absolute atomic E-state index is 0.0171. The van der Waals surface area contributed by atoms with Crippen molar-refractivity contribution in [3.05, 3.63) is 29.5 Å². The Labute approximate surface area is 167 Å². The summed E-state index contributed by atoms with van der Waals surface area (Å²) in [5.74, 6) is -0.0940. The predicted molar refractivity (Wildman–Crippen MR) is 113 cm³/mol. The summed E-state index contributed by atoms with van der Waals surface area (Å²) in [6.45, 7) is 7.64.